The molecule has 86 valence electrons. The molecule has 5 nitrogen and oxygen atoms in total. The Kier molecular flexibility index (Phi) is 3.37. The summed E-state index contributed by atoms with van der Waals surface area (Å²) in [6.45, 7) is 1.64. The Morgan fingerprint density at radius 3 is 2.56 bits per heavy atom. The zero-order chi connectivity index (χ0) is 11.4. The van der Waals surface area contributed by atoms with Crippen molar-refractivity contribution in [2.45, 2.75) is 12.8 Å². The number of amides is 2. The average Bonchev–Trinajstić information content (AvgIpc) is 2.73. The minimum absolute atomic E-state index is 0.0203. The topological polar surface area (TPSA) is 61.8 Å². The molecule has 0 spiro atoms. The van der Waals surface area contributed by atoms with E-state index in [9.17, 15) is 9.59 Å². The minimum Gasteiger partial charge on any atom is -0.324 e. The van der Waals surface area contributed by atoms with E-state index in [4.69, 9.17) is 0 Å². The summed E-state index contributed by atoms with van der Waals surface area (Å²) < 4.78 is 0. The first kappa shape index (κ1) is 10.9. The predicted molar refractivity (Wildman–Crippen MR) is 58.4 cm³/mol. The molecule has 2 amide bonds. The largest absolute Gasteiger partial charge is 0.324 e. The van der Waals surface area contributed by atoms with Crippen LogP contribution in [-0.2, 0) is 4.79 Å². The van der Waals surface area contributed by atoms with E-state index in [0.29, 0.717) is 11.8 Å². The van der Waals surface area contributed by atoms with Crippen LogP contribution in [0.4, 0.5) is 4.79 Å². The van der Waals surface area contributed by atoms with Crippen LogP contribution in [0.15, 0.2) is 17.1 Å². The number of isocyanates is 1. The standard InChI is InChI=1S/C11H15N3O2/c15-8-12-7-13-11(16)14-5-9-3-1-2-4-10(9)6-14/h1-2,9-10H,3-7H2,(H,13,16). The van der Waals surface area contributed by atoms with Gasteiger partial charge in [0, 0.05) is 13.1 Å². The normalized spacial score (nSPS) is 27.1. The number of aliphatic imine (C=N–C) groups is 1. The third-order valence-electron chi connectivity index (χ3n) is 3.28. The van der Waals surface area contributed by atoms with Gasteiger partial charge in [-0.3, -0.25) is 0 Å². The summed E-state index contributed by atoms with van der Waals surface area (Å²) in [5.41, 5.74) is 0. The molecule has 16 heavy (non-hydrogen) atoms. The van der Waals surface area contributed by atoms with Crippen LogP contribution in [-0.4, -0.2) is 36.8 Å². The molecule has 1 saturated heterocycles. The highest BCUT2D eigenvalue weighted by Gasteiger charge is 2.34. The summed E-state index contributed by atoms with van der Waals surface area (Å²) in [6, 6.07) is -0.131. The van der Waals surface area contributed by atoms with Crippen LogP contribution < -0.4 is 5.32 Å². The molecule has 0 radical (unpaired) electrons. The molecular weight excluding hydrogens is 206 g/mol. The fourth-order valence-electron chi connectivity index (χ4n) is 2.43. The highest BCUT2D eigenvalue weighted by Crippen LogP contribution is 2.32. The Labute approximate surface area is 94.2 Å². The van der Waals surface area contributed by atoms with Crippen LogP contribution in [0.3, 0.4) is 0 Å². The summed E-state index contributed by atoms with van der Waals surface area (Å²) in [5.74, 6) is 1.20. The number of likely N-dealkylation sites (tertiary alicyclic amines) is 1. The van der Waals surface area contributed by atoms with Gasteiger partial charge in [0.1, 0.15) is 6.67 Å². The minimum atomic E-state index is -0.131. The van der Waals surface area contributed by atoms with Crippen molar-refractivity contribution in [3.05, 3.63) is 12.2 Å². The van der Waals surface area contributed by atoms with E-state index in [1.54, 1.807) is 0 Å². The summed E-state index contributed by atoms with van der Waals surface area (Å²) in [4.78, 5) is 26.6. The van der Waals surface area contributed by atoms with Crippen LogP contribution in [0.2, 0.25) is 0 Å². The molecule has 0 aromatic heterocycles. The Morgan fingerprint density at radius 1 is 1.38 bits per heavy atom. The Balaban J connectivity index is 1.84. The van der Waals surface area contributed by atoms with Crippen LogP contribution in [0, 0.1) is 11.8 Å². The average molecular weight is 221 g/mol. The number of nitrogens with zero attached hydrogens (tertiary/aromatic N) is 2. The van der Waals surface area contributed by atoms with E-state index in [0.717, 1.165) is 25.9 Å². The van der Waals surface area contributed by atoms with Crippen molar-refractivity contribution in [3.8, 4) is 0 Å². The molecule has 2 unspecified atom stereocenters. The molecule has 0 saturated carbocycles. The monoisotopic (exact) mass is 221 g/mol. The summed E-state index contributed by atoms with van der Waals surface area (Å²) >= 11 is 0. The highest BCUT2D eigenvalue weighted by molar-refractivity contribution is 5.74. The first-order valence-electron chi connectivity index (χ1n) is 5.52. The number of carbonyl (C=O) groups excluding carboxylic acids is 2. The summed E-state index contributed by atoms with van der Waals surface area (Å²) in [6.07, 6.45) is 7.92. The van der Waals surface area contributed by atoms with Gasteiger partial charge in [-0.05, 0) is 24.7 Å². The maximum atomic E-state index is 11.7. The van der Waals surface area contributed by atoms with Crippen molar-refractivity contribution in [2.75, 3.05) is 19.8 Å². The van der Waals surface area contributed by atoms with Crippen molar-refractivity contribution >= 4 is 12.1 Å². The summed E-state index contributed by atoms with van der Waals surface area (Å²) in [7, 11) is 0. The number of hydrogen-bond acceptors (Lipinski definition) is 3. The van der Waals surface area contributed by atoms with Crippen LogP contribution >= 0.6 is 0 Å². The van der Waals surface area contributed by atoms with Crippen LogP contribution in [0.1, 0.15) is 12.8 Å². The second-order valence-electron chi connectivity index (χ2n) is 4.26. The van der Waals surface area contributed by atoms with E-state index in [2.05, 4.69) is 22.5 Å². The zero-order valence-electron chi connectivity index (χ0n) is 9.06. The Morgan fingerprint density at radius 2 is 2.00 bits per heavy atom. The fraction of sp³-hybridized carbons (Fsp3) is 0.636. The van der Waals surface area contributed by atoms with Crippen molar-refractivity contribution in [3.63, 3.8) is 0 Å². The molecule has 2 atom stereocenters. The molecule has 1 heterocycles. The number of carbonyl (C=O) groups is 1. The lowest BCUT2D eigenvalue weighted by Gasteiger charge is -2.17. The van der Waals surface area contributed by atoms with Crippen molar-refractivity contribution < 1.29 is 9.59 Å². The Bertz CT molecular complexity index is 331. The zero-order valence-corrected chi connectivity index (χ0v) is 9.06. The number of allylic oxidation sites excluding steroid dienone is 2. The SMILES string of the molecule is O=C=NCNC(=O)N1CC2CC=CCC2C1. The number of rotatable bonds is 2. The molecule has 5 heteroatoms. The van der Waals surface area contributed by atoms with Crippen LogP contribution in [0.5, 0.6) is 0 Å². The molecular formula is C11H15N3O2. The summed E-state index contributed by atoms with van der Waals surface area (Å²) in [5, 5.41) is 2.57. The van der Waals surface area contributed by atoms with E-state index in [1.165, 1.54) is 6.08 Å². The lowest BCUT2D eigenvalue weighted by molar-refractivity contribution is 0.207. The van der Waals surface area contributed by atoms with E-state index in [-0.39, 0.29) is 12.7 Å². The second-order valence-corrected chi connectivity index (χ2v) is 4.26. The van der Waals surface area contributed by atoms with Gasteiger partial charge in [0.2, 0.25) is 6.08 Å². The number of fused-ring (bicyclic) bond motifs is 1. The number of nitrogens with one attached hydrogen (secondary N) is 1. The van der Waals surface area contributed by atoms with Gasteiger partial charge in [-0.25, -0.2) is 9.59 Å². The molecule has 1 fully saturated rings. The van der Waals surface area contributed by atoms with E-state index in [1.807, 2.05) is 4.90 Å². The van der Waals surface area contributed by atoms with Gasteiger partial charge in [0.25, 0.3) is 0 Å². The van der Waals surface area contributed by atoms with Crippen molar-refractivity contribution in [1.29, 1.82) is 0 Å². The second kappa shape index (κ2) is 4.94. The Hall–Kier alpha value is -1.61. The van der Waals surface area contributed by atoms with Gasteiger partial charge < -0.3 is 10.2 Å². The number of hydrogen-bond donors (Lipinski definition) is 1. The maximum Gasteiger partial charge on any atom is 0.318 e. The third kappa shape index (κ3) is 2.31. The smallest absolute Gasteiger partial charge is 0.318 e. The van der Waals surface area contributed by atoms with Gasteiger partial charge in [0.15, 0.2) is 0 Å². The number of urea groups is 1. The molecule has 2 rings (SSSR count). The van der Waals surface area contributed by atoms with Gasteiger partial charge in [-0.1, -0.05) is 12.2 Å². The molecule has 1 aliphatic carbocycles. The van der Waals surface area contributed by atoms with E-state index >= 15 is 0 Å². The molecule has 1 aliphatic heterocycles. The van der Waals surface area contributed by atoms with Crippen LogP contribution in [0.25, 0.3) is 0 Å². The quantitative estimate of drug-likeness (QED) is 0.427. The first-order chi connectivity index (χ1) is 7.81. The maximum absolute atomic E-state index is 11.7. The van der Waals surface area contributed by atoms with E-state index < -0.39 is 0 Å². The lowest BCUT2D eigenvalue weighted by atomic mass is 9.86. The van der Waals surface area contributed by atoms with Gasteiger partial charge in [-0.2, -0.15) is 4.99 Å². The fourth-order valence-corrected chi connectivity index (χ4v) is 2.43. The molecule has 0 aromatic rings. The van der Waals surface area contributed by atoms with Crippen molar-refractivity contribution in [1.82, 2.24) is 10.2 Å². The first-order valence-corrected chi connectivity index (χ1v) is 5.52. The van der Waals surface area contributed by atoms with Gasteiger partial charge >= 0.3 is 6.03 Å². The van der Waals surface area contributed by atoms with Gasteiger partial charge in [-0.15, -0.1) is 0 Å². The van der Waals surface area contributed by atoms with Gasteiger partial charge in [0.05, 0.1) is 0 Å². The molecule has 0 bridgehead atoms. The predicted octanol–water partition coefficient (Wildman–Crippen LogP) is 0.887. The molecule has 0 aromatic carbocycles. The third-order valence-corrected chi connectivity index (χ3v) is 3.28. The van der Waals surface area contributed by atoms with Crippen molar-refractivity contribution in [2.24, 2.45) is 16.8 Å². The molecule has 2 aliphatic rings. The highest BCUT2D eigenvalue weighted by atomic mass is 16.2. The molecule has 1 N–H and O–H groups in total. The lowest BCUT2D eigenvalue weighted by Crippen LogP contribution is -2.38.